The first-order valence-corrected chi connectivity index (χ1v) is 14.6. The van der Waals surface area contributed by atoms with Gasteiger partial charge >= 0.3 is 0 Å². The number of nitrogens with zero attached hydrogens (tertiary/aromatic N) is 3. The molecule has 9 heteroatoms. The summed E-state index contributed by atoms with van der Waals surface area (Å²) in [6.45, 7) is 4.76. The van der Waals surface area contributed by atoms with Crippen molar-refractivity contribution in [2.45, 2.75) is 31.1 Å². The quantitative estimate of drug-likeness (QED) is 0.185. The Morgan fingerprint density at radius 2 is 1.88 bits per heavy atom. The fourth-order valence-electron chi connectivity index (χ4n) is 6.04. The second kappa shape index (κ2) is 12.9. The lowest BCUT2D eigenvalue weighted by Gasteiger charge is -2.36. The first-order chi connectivity index (χ1) is 20.6. The smallest absolute Gasteiger partial charge is 0.142 e. The monoisotopic (exact) mass is 570 g/mol. The van der Waals surface area contributed by atoms with Crippen molar-refractivity contribution >= 4 is 16.6 Å². The molecule has 0 spiro atoms. The van der Waals surface area contributed by atoms with Crippen LogP contribution in [0.2, 0.25) is 0 Å². The molecule has 0 unspecified atom stereocenters. The molecule has 1 N–H and O–H groups in total. The van der Waals surface area contributed by atoms with Crippen LogP contribution in [0, 0.1) is 4.91 Å². The Morgan fingerprint density at radius 1 is 1.02 bits per heavy atom. The average molecular weight is 571 g/mol. The first kappa shape index (κ1) is 28.2. The number of nitrogens with one attached hydrogen (secondary N) is 1. The van der Waals surface area contributed by atoms with E-state index in [1.54, 1.807) is 7.11 Å². The minimum atomic E-state index is -0.427. The highest BCUT2D eigenvalue weighted by Gasteiger charge is 2.36. The zero-order valence-corrected chi connectivity index (χ0v) is 24.2. The van der Waals surface area contributed by atoms with Gasteiger partial charge in [0.1, 0.15) is 29.9 Å². The normalized spacial score (nSPS) is 20.2. The number of hydrogen-bond donors (Lipinski definition) is 1. The second-order valence-corrected chi connectivity index (χ2v) is 11.0. The van der Waals surface area contributed by atoms with Gasteiger partial charge in [0.15, 0.2) is 0 Å². The molecule has 3 aromatic carbocycles. The van der Waals surface area contributed by atoms with Crippen LogP contribution in [-0.2, 0) is 23.1 Å². The van der Waals surface area contributed by atoms with E-state index >= 15 is 0 Å². The van der Waals surface area contributed by atoms with E-state index in [-0.39, 0.29) is 12.0 Å². The Labute approximate surface area is 246 Å². The van der Waals surface area contributed by atoms with Crippen LogP contribution >= 0.6 is 0 Å². The van der Waals surface area contributed by atoms with Crippen LogP contribution in [0.25, 0.3) is 10.9 Å². The lowest BCUT2D eigenvalue weighted by Crippen LogP contribution is -2.48. The number of ether oxygens (including phenoxy) is 4. The number of rotatable bonds is 11. The molecule has 42 heavy (non-hydrogen) atoms. The molecule has 2 aliphatic heterocycles. The highest BCUT2D eigenvalue weighted by molar-refractivity contribution is 5.81. The predicted molar refractivity (Wildman–Crippen MR) is 164 cm³/mol. The van der Waals surface area contributed by atoms with Gasteiger partial charge in [0.25, 0.3) is 0 Å². The summed E-state index contributed by atoms with van der Waals surface area (Å²) >= 11 is 0. The van der Waals surface area contributed by atoms with E-state index in [9.17, 15) is 4.91 Å². The summed E-state index contributed by atoms with van der Waals surface area (Å²) in [6.07, 6.45) is 2.79. The molecule has 6 rings (SSSR count). The third-order valence-electron chi connectivity index (χ3n) is 8.23. The van der Waals surface area contributed by atoms with E-state index in [2.05, 4.69) is 44.2 Å². The summed E-state index contributed by atoms with van der Waals surface area (Å²) in [4.78, 5) is 14.2. The predicted octanol–water partition coefficient (Wildman–Crippen LogP) is 5.61. The van der Waals surface area contributed by atoms with Gasteiger partial charge in [0.05, 0.1) is 24.9 Å². The number of nitroso groups, excluding NO2 is 1. The van der Waals surface area contributed by atoms with Crippen LogP contribution in [-0.4, -0.2) is 63.2 Å². The maximum absolute atomic E-state index is 11.9. The highest BCUT2D eigenvalue weighted by atomic mass is 16.5. The molecular formula is C33H38N4O5. The molecule has 0 amide bonds. The van der Waals surface area contributed by atoms with Crippen molar-refractivity contribution in [2.24, 2.45) is 12.2 Å². The van der Waals surface area contributed by atoms with E-state index in [4.69, 9.17) is 18.9 Å². The maximum atomic E-state index is 11.9. The fourth-order valence-corrected chi connectivity index (χ4v) is 6.04. The molecule has 3 atom stereocenters. The minimum Gasteiger partial charge on any atom is -0.490 e. The van der Waals surface area contributed by atoms with Crippen LogP contribution in [0.4, 0.5) is 5.69 Å². The molecule has 0 radical (unpaired) electrons. The Kier molecular flexibility index (Phi) is 8.69. The number of piperidine rings is 1. The van der Waals surface area contributed by atoms with Gasteiger partial charge in [0.2, 0.25) is 0 Å². The standard InChI is InChI=1S/C33H38N4O5/c1-36-14-12-25-19-27(9-10-29(25)36)42-26-7-5-24(6-8-26)33-28(35-38)20-34-21-32(33)41-22-23-4-11-31-30(18-23)37(15-17-40-31)13-3-16-39-2/h4-12,14,18-19,28,32-34H,3,13,15-17,20-22H2,1-2H3/t28-,32+,33+/m1/s1. The Morgan fingerprint density at radius 3 is 2.71 bits per heavy atom. The van der Waals surface area contributed by atoms with Crippen molar-refractivity contribution in [3.05, 3.63) is 89.0 Å². The van der Waals surface area contributed by atoms with E-state index < -0.39 is 6.04 Å². The number of aromatic nitrogens is 1. The van der Waals surface area contributed by atoms with Crippen molar-refractivity contribution in [3.8, 4) is 17.2 Å². The molecule has 9 nitrogen and oxygen atoms in total. The molecule has 0 saturated carbocycles. The number of hydrogen-bond acceptors (Lipinski definition) is 8. The topological polar surface area (TPSA) is 86.6 Å². The van der Waals surface area contributed by atoms with E-state index in [1.165, 1.54) is 0 Å². The minimum absolute atomic E-state index is 0.162. The van der Waals surface area contributed by atoms with Crippen LogP contribution in [0.15, 0.2) is 78.1 Å². The van der Waals surface area contributed by atoms with E-state index in [1.807, 2.05) is 55.7 Å². The van der Waals surface area contributed by atoms with Gasteiger partial charge < -0.3 is 33.7 Å². The van der Waals surface area contributed by atoms with Crippen LogP contribution in [0.1, 0.15) is 23.5 Å². The van der Waals surface area contributed by atoms with Crippen molar-refractivity contribution < 1.29 is 18.9 Å². The molecule has 3 heterocycles. The van der Waals surface area contributed by atoms with Crippen LogP contribution < -0.4 is 19.7 Å². The van der Waals surface area contributed by atoms with Gasteiger partial charge in [-0.25, -0.2) is 0 Å². The molecule has 1 aromatic heterocycles. The summed E-state index contributed by atoms with van der Waals surface area (Å²) in [5.74, 6) is 2.26. The highest BCUT2D eigenvalue weighted by Crippen LogP contribution is 2.35. The molecule has 0 aliphatic carbocycles. The molecular weight excluding hydrogens is 532 g/mol. The van der Waals surface area contributed by atoms with Gasteiger partial charge in [-0.1, -0.05) is 23.4 Å². The summed E-state index contributed by atoms with van der Waals surface area (Å²) in [5.41, 5.74) is 4.33. The Bertz CT molecular complexity index is 1500. The van der Waals surface area contributed by atoms with Gasteiger partial charge in [-0.2, -0.15) is 4.91 Å². The molecule has 0 bridgehead atoms. The first-order valence-electron chi connectivity index (χ1n) is 14.6. The molecule has 2 aliphatic rings. The van der Waals surface area contributed by atoms with Gasteiger partial charge in [0, 0.05) is 63.4 Å². The van der Waals surface area contributed by atoms with Gasteiger partial charge in [-0.3, -0.25) is 0 Å². The second-order valence-electron chi connectivity index (χ2n) is 11.0. The lowest BCUT2D eigenvalue weighted by molar-refractivity contribution is 0.00539. The van der Waals surface area contributed by atoms with Crippen molar-refractivity contribution in [1.29, 1.82) is 0 Å². The van der Waals surface area contributed by atoms with E-state index in [0.717, 1.165) is 71.1 Å². The van der Waals surface area contributed by atoms with Crippen molar-refractivity contribution in [2.75, 3.05) is 51.4 Å². The van der Waals surface area contributed by atoms with Crippen LogP contribution in [0.5, 0.6) is 17.2 Å². The zero-order chi connectivity index (χ0) is 28.9. The Balaban J connectivity index is 1.14. The lowest BCUT2D eigenvalue weighted by atomic mass is 9.84. The summed E-state index contributed by atoms with van der Waals surface area (Å²) in [7, 11) is 3.76. The SMILES string of the molecule is COCCCN1CCOc2ccc(CO[C@H]3CNC[C@@H](N=O)[C@@H]3c3ccc(Oc4ccc5c(ccn5C)c4)cc3)cc21. The summed E-state index contributed by atoms with van der Waals surface area (Å²) < 4.78 is 25.9. The third-order valence-corrected chi connectivity index (χ3v) is 8.23. The zero-order valence-electron chi connectivity index (χ0n) is 24.2. The number of aryl methyl sites for hydroxylation is 1. The van der Waals surface area contributed by atoms with Gasteiger partial charge in [-0.05, 0) is 66.1 Å². The molecule has 1 fully saturated rings. The Hall–Kier alpha value is -3.92. The summed E-state index contributed by atoms with van der Waals surface area (Å²) in [6, 6.07) is 21.9. The summed E-state index contributed by atoms with van der Waals surface area (Å²) in [5, 5.41) is 7.94. The van der Waals surface area contributed by atoms with Crippen LogP contribution in [0.3, 0.4) is 0 Å². The molecule has 4 aromatic rings. The number of fused-ring (bicyclic) bond motifs is 2. The van der Waals surface area contributed by atoms with Crippen molar-refractivity contribution in [3.63, 3.8) is 0 Å². The molecule has 1 saturated heterocycles. The number of anilines is 1. The average Bonchev–Trinajstić information content (AvgIpc) is 3.40. The number of benzene rings is 3. The fraction of sp³-hybridized carbons (Fsp3) is 0.394. The van der Waals surface area contributed by atoms with Gasteiger partial charge in [-0.15, -0.1) is 0 Å². The van der Waals surface area contributed by atoms with E-state index in [0.29, 0.717) is 26.3 Å². The largest absolute Gasteiger partial charge is 0.490 e. The maximum Gasteiger partial charge on any atom is 0.142 e. The number of methoxy groups -OCH3 is 1. The third kappa shape index (κ3) is 6.13. The molecule has 220 valence electrons. The van der Waals surface area contributed by atoms with Crippen molar-refractivity contribution in [1.82, 2.24) is 9.88 Å².